The van der Waals surface area contributed by atoms with Crippen molar-refractivity contribution in [1.29, 1.82) is 0 Å². The van der Waals surface area contributed by atoms with Gasteiger partial charge in [-0.2, -0.15) is 0 Å². The largest absolute Gasteiger partial charge is 0.363 e. The summed E-state index contributed by atoms with van der Waals surface area (Å²) in [4.78, 5) is 26.5. The Morgan fingerprint density at radius 2 is 1.88 bits per heavy atom. The molecule has 1 heterocycles. The van der Waals surface area contributed by atoms with Crippen LogP contribution in [0.5, 0.6) is 0 Å². The van der Waals surface area contributed by atoms with Gasteiger partial charge in [-0.05, 0) is 44.4 Å². The lowest BCUT2D eigenvalue weighted by atomic mass is 10.0. The highest BCUT2D eigenvalue weighted by Crippen LogP contribution is 2.13. The average molecular weight is 357 g/mol. The first-order valence-electron chi connectivity index (χ1n) is 9.11. The van der Waals surface area contributed by atoms with Crippen LogP contribution in [0.4, 0.5) is 5.82 Å². The minimum absolute atomic E-state index is 0.0401. The topological polar surface area (TPSA) is 75.4 Å². The highest BCUT2D eigenvalue weighted by molar-refractivity contribution is 5.99. The Kier molecular flexibility index (Phi) is 7.38. The number of carbonyl (C=O) groups excluding carboxylic acids is 2. The summed E-state index contributed by atoms with van der Waals surface area (Å²) in [7, 11) is 0. The van der Waals surface area contributed by atoms with Crippen molar-refractivity contribution in [3.63, 3.8) is 0 Å². The lowest BCUT2D eigenvalue weighted by Gasteiger charge is -2.26. The summed E-state index contributed by atoms with van der Waals surface area (Å²) >= 11 is 0. The van der Waals surface area contributed by atoms with E-state index in [-0.39, 0.29) is 24.4 Å². The maximum Gasteiger partial charge on any atom is 0.254 e. The van der Waals surface area contributed by atoms with Gasteiger partial charge < -0.3 is 14.7 Å². The van der Waals surface area contributed by atoms with Crippen molar-refractivity contribution < 1.29 is 14.1 Å². The standard InChI is InChI=1S/C20H27N3O3/c1-4-5-6-7-16-8-10-17(11-9-16)20(25)23(15(2)3)14-19(24)21-18-12-13-26-22-18/h8-13,15H,4-7,14H2,1-3H3,(H,21,22,24). The van der Waals surface area contributed by atoms with Crippen molar-refractivity contribution in [3.05, 3.63) is 47.7 Å². The molecule has 0 unspecified atom stereocenters. The van der Waals surface area contributed by atoms with Crippen molar-refractivity contribution in [2.24, 2.45) is 0 Å². The van der Waals surface area contributed by atoms with Crippen LogP contribution in [-0.4, -0.2) is 34.5 Å². The summed E-state index contributed by atoms with van der Waals surface area (Å²) in [6.07, 6.45) is 5.96. The van der Waals surface area contributed by atoms with E-state index in [1.54, 1.807) is 11.0 Å². The number of aromatic nitrogens is 1. The van der Waals surface area contributed by atoms with Crippen LogP contribution in [0, 0.1) is 0 Å². The van der Waals surface area contributed by atoms with Gasteiger partial charge in [-0.3, -0.25) is 9.59 Å². The molecule has 0 aliphatic rings. The molecule has 2 aromatic rings. The summed E-state index contributed by atoms with van der Waals surface area (Å²) in [5.41, 5.74) is 1.82. The molecule has 0 fully saturated rings. The smallest absolute Gasteiger partial charge is 0.254 e. The third-order valence-electron chi connectivity index (χ3n) is 4.17. The van der Waals surface area contributed by atoms with Crippen LogP contribution >= 0.6 is 0 Å². The van der Waals surface area contributed by atoms with Gasteiger partial charge in [-0.1, -0.05) is 37.1 Å². The minimum Gasteiger partial charge on any atom is -0.363 e. The van der Waals surface area contributed by atoms with E-state index in [1.807, 2.05) is 38.1 Å². The third-order valence-corrected chi connectivity index (χ3v) is 4.17. The molecule has 0 bridgehead atoms. The average Bonchev–Trinajstić information content (AvgIpc) is 3.12. The maximum atomic E-state index is 12.8. The second-order valence-corrected chi connectivity index (χ2v) is 6.61. The Hall–Kier alpha value is -2.63. The van der Waals surface area contributed by atoms with E-state index in [1.165, 1.54) is 24.7 Å². The molecule has 26 heavy (non-hydrogen) atoms. The number of nitrogens with zero attached hydrogens (tertiary/aromatic N) is 2. The second kappa shape index (κ2) is 9.75. The van der Waals surface area contributed by atoms with Crippen LogP contribution in [-0.2, 0) is 11.2 Å². The minimum atomic E-state index is -0.308. The normalized spacial score (nSPS) is 10.8. The van der Waals surface area contributed by atoms with E-state index in [4.69, 9.17) is 0 Å². The molecule has 0 saturated heterocycles. The van der Waals surface area contributed by atoms with Gasteiger partial charge in [0.25, 0.3) is 5.91 Å². The summed E-state index contributed by atoms with van der Waals surface area (Å²) in [5, 5.41) is 6.25. The molecule has 0 saturated carbocycles. The zero-order valence-corrected chi connectivity index (χ0v) is 15.7. The fourth-order valence-corrected chi connectivity index (χ4v) is 2.66. The molecular formula is C20H27N3O3. The number of unbranched alkanes of at least 4 members (excludes halogenated alkanes) is 2. The van der Waals surface area contributed by atoms with Crippen LogP contribution < -0.4 is 5.32 Å². The summed E-state index contributed by atoms with van der Waals surface area (Å²) in [6, 6.07) is 9.13. The molecule has 140 valence electrons. The van der Waals surface area contributed by atoms with Crippen molar-refractivity contribution in [2.45, 2.75) is 52.5 Å². The van der Waals surface area contributed by atoms with Crippen LogP contribution in [0.1, 0.15) is 56.0 Å². The van der Waals surface area contributed by atoms with Gasteiger partial charge >= 0.3 is 0 Å². The van der Waals surface area contributed by atoms with Gasteiger partial charge in [0.1, 0.15) is 12.8 Å². The zero-order chi connectivity index (χ0) is 18.9. The predicted octanol–water partition coefficient (Wildman–Crippen LogP) is 3.90. The first kappa shape index (κ1) is 19.7. The van der Waals surface area contributed by atoms with Gasteiger partial charge in [0.15, 0.2) is 5.82 Å². The first-order chi connectivity index (χ1) is 12.5. The van der Waals surface area contributed by atoms with E-state index in [0.29, 0.717) is 11.4 Å². The Labute approximate surface area is 154 Å². The number of hydrogen-bond acceptors (Lipinski definition) is 4. The van der Waals surface area contributed by atoms with Crippen LogP contribution in [0.15, 0.2) is 41.1 Å². The lowest BCUT2D eigenvalue weighted by Crippen LogP contribution is -2.42. The zero-order valence-electron chi connectivity index (χ0n) is 15.7. The second-order valence-electron chi connectivity index (χ2n) is 6.61. The molecule has 0 aliphatic heterocycles. The van der Waals surface area contributed by atoms with Crippen molar-refractivity contribution in [1.82, 2.24) is 10.1 Å². The Balaban J connectivity index is 1.99. The van der Waals surface area contributed by atoms with E-state index in [9.17, 15) is 9.59 Å². The maximum absolute atomic E-state index is 12.8. The monoisotopic (exact) mass is 357 g/mol. The molecule has 0 spiro atoms. The summed E-state index contributed by atoms with van der Waals surface area (Å²) in [6.45, 7) is 5.92. The highest BCUT2D eigenvalue weighted by Gasteiger charge is 2.22. The third kappa shape index (κ3) is 5.72. The van der Waals surface area contributed by atoms with Crippen molar-refractivity contribution in [2.75, 3.05) is 11.9 Å². The number of anilines is 1. The first-order valence-corrected chi connectivity index (χ1v) is 9.11. The molecule has 2 rings (SSSR count). The number of nitrogens with one attached hydrogen (secondary N) is 1. The van der Waals surface area contributed by atoms with E-state index in [0.717, 1.165) is 12.8 Å². The SMILES string of the molecule is CCCCCc1ccc(C(=O)N(CC(=O)Nc2ccon2)C(C)C)cc1. The van der Waals surface area contributed by atoms with E-state index in [2.05, 4.69) is 21.9 Å². The number of aryl methyl sites for hydroxylation is 1. The van der Waals surface area contributed by atoms with Gasteiger partial charge in [-0.25, -0.2) is 0 Å². The van der Waals surface area contributed by atoms with Crippen LogP contribution in [0.25, 0.3) is 0 Å². The summed E-state index contributed by atoms with van der Waals surface area (Å²) < 4.78 is 4.69. The number of amides is 2. The molecule has 1 aromatic heterocycles. The number of benzene rings is 1. The molecule has 0 aliphatic carbocycles. The molecule has 2 amide bonds. The highest BCUT2D eigenvalue weighted by atomic mass is 16.5. The molecule has 0 atom stereocenters. The molecule has 1 N–H and O–H groups in total. The van der Waals surface area contributed by atoms with E-state index >= 15 is 0 Å². The van der Waals surface area contributed by atoms with Crippen molar-refractivity contribution in [3.8, 4) is 0 Å². The molecule has 0 radical (unpaired) electrons. The Morgan fingerprint density at radius 1 is 1.15 bits per heavy atom. The summed E-state index contributed by atoms with van der Waals surface area (Å²) in [5.74, 6) is -0.130. The van der Waals surface area contributed by atoms with Gasteiger partial charge in [0, 0.05) is 17.7 Å². The predicted molar refractivity (Wildman–Crippen MR) is 101 cm³/mol. The number of hydrogen-bond donors (Lipinski definition) is 1. The van der Waals surface area contributed by atoms with Gasteiger partial charge in [0.05, 0.1) is 0 Å². The van der Waals surface area contributed by atoms with Crippen LogP contribution in [0.2, 0.25) is 0 Å². The van der Waals surface area contributed by atoms with Crippen LogP contribution in [0.3, 0.4) is 0 Å². The molecule has 6 heteroatoms. The molecule has 1 aromatic carbocycles. The quantitative estimate of drug-likeness (QED) is 0.691. The fourth-order valence-electron chi connectivity index (χ4n) is 2.66. The Morgan fingerprint density at radius 3 is 2.46 bits per heavy atom. The van der Waals surface area contributed by atoms with Gasteiger partial charge in [-0.15, -0.1) is 0 Å². The number of rotatable bonds is 9. The van der Waals surface area contributed by atoms with E-state index < -0.39 is 0 Å². The fraction of sp³-hybridized carbons (Fsp3) is 0.450. The number of carbonyl (C=O) groups is 2. The molecule has 6 nitrogen and oxygen atoms in total. The lowest BCUT2D eigenvalue weighted by molar-refractivity contribution is -0.117. The van der Waals surface area contributed by atoms with Crippen molar-refractivity contribution >= 4 is 17.6 Å². The molecular weight excluding hydrogens is 330 g/mol. The Bertz CT molecular complexity index is 694. The van der Waals surface area contributed by atoms with Gasteiger partial charge in [0.2, 0.25) is 5.91 Å².